The number of ether oxygens (including phenoxy) is 2. The molecule has 0 heterocycles. The van der Waals surface area contributed by atoms with E-state index < -0.39 is 0 Å². The molecule has 0 radical (unpaired) electrons. The third-order valence-electron chi connectivity index (χ3n) is 3.69. The van der Waals surface area contributed by atoms with Crippen molar-refractivity contribution in [1.82, 2.24) is 4.90 Å². The van der Waals surface area contributed by atoms with Crippen LogP contribution in [0.5, 0.6) is 11.5 Å². The van der Waals surface area contributed by atoms with Gasteiger partial charge in [-0.1, -0.05) is 19.9 Å². The zero-order valence-electron chi connectivity index (χ0n) is 15.7. The summed E-state index contributed by atoms with van der Waals surface area (Å²) in [5.74, 6) is 1.26. The molecule has 0 spiro atoms. The van der Waals surface area contributed by atoms with Crippen molar-refractivity contribution >= 4 is 5.91 Å². The van der Waals surface area contributed by atoms with Crippen LogP contribution in [-0.4, -0.2) is 38.1 Å². The summed E-state index contributed by atoms with van der Waals surface area (Å²) < 4.78 is 10.8. The van der Waals surface area contributed by atoms with Crippen LogP contribution in [0.25, 0.3) is 0 Å². The molecule has 4 nitrogen and oxygen atoms in total. The number of benzene rings is 1. The first kappa shape index (κ1) is 21.0. The molecule has 0 atom stereocenters. The van der Waals surface area contributed by atoms with E-state index in [1.165, 1.54) is 0 Å². The van der Waals surface area contributed by atoms with Crippen molar-refractivity contribution < 1.29 is 14.3 Å². The third kappa shape index (κ3) is 4.75. The van der Waals surface area contributed by atoms with Gasteiger partial charge in [0.1, 0.15) is 11.5 Å². The maximum Gasteiger partial charge on any atom is 0.257 e. The quantitative estimate of drug-likeness (QED) is 0.705. The van der Waals surface area contributed by atoms with E-state index in [0.717, 1.165) is 16.9 Å². The Kier molecular flexibility index (Phi) is 9.79. The first-order valence-electron chi connectivity index (χ1n) is 8.20. The molecule has 23 heavy (non-hydrogen) atoms. The lowest BCUT2D eigenvalue weighted by Crippen LogP contribution is -2.31. The molecule has 1 aromatic rings. The molecule has 0 bridgehead atoms. The minimum atomic E-state index is -0.0144. The number of rotatable bonds is 7. The SMILES string of the molecule is C=CCc1c(C)c(OC)cc(OC)c1C(=O)N(CC)CC.CC. The summed E-state index contributed by atoms with van der Waals surface area (Å²) in [5.41, 5.74) is 2.48. The summed E-state index contributed by atoms with van der Waals surface area (Å²) in [6.45, 7) is 15.0. The van der Waals surface area contributed by atoms with Crippen molar-refractivity contribution in [2.75, 3.05) is 27.3 Å². The van der Waals surface area contributed by atoms with E-state index in [4.69, 9.17) is 9.47 Å². The molecule has 0 aliphatic rings. The minimum Gasteiger partial charge on any atom is -0.496 e. The van der Waals surface area contributed by atoms with Crippen LogP contribution in [0.15, 0.2) is 18.7 Å². The average Bonchev–Trinajstić information content (AvgIpc) is 2.59. The number of carbonyl (C=O) groups excluding carboxylic acids is 1. The van der Waals surface area contributed by atoms with Crippen LogP contribution in [0.4, 0.5) is 0 Å². The highest BCUT2D eigenvalue weighted by molar-refractivity contribution is 5.99. The maximum absolute atomic E-state index is 12.8. The molecule has 1 rings (SSSR count). The fourth-order valence-corrected chi connectivity index (χ4v) is 2.46. The second kappa shape index (κ2) is 10.7. The largest absolute Gasteiger partial charge is 0.496 e. The van der Waals surface area contributed by atoms with E-state index in [0.29, 0.717) is 30.8 Å². The summed E-state index contributed by atoms with van der Waals surface area (Å²) in [7, 11) is 3.19. The summed E-state index contributed by atoms with van der Waals surface area (Å²) in [6.07, 6.45) is 2.39. The molecule has 1 amide bonds. The van der Waals surface area contributed by atoms with E-state index >= 15 is 0 Å². The highest BCUT2D eigenvalue weighted by Crippen LogP contribution is 2.34. The Balaban J connectivity index is 0.00000232. The number of hydrogen-bond acceptors (Lipinski definition) is 3. The minimum absolute atomic E-state index is 0.0144. The first-order chi connectivity index (χ1) is 11.0. The molecule has 0 N–H and O–H groups in total. The smallest absolute Gasteiger partial charge is 0.257 e. The van der Waals surface area contributed by atoms with E-state index in [2.05, 4.69) is 6.58 Å². The summed E-state index contributed by atoms with van der Waals surface area (Å²) >= 11 is 0. The standard InChI is InChI=1S/C17H25NO3.C2H6/c1-7-10-13-12(4)14(20-5)11-15(21-6)16(13)17(19)18(8-2)9-3;1-2/h7,11H,1,8-10H2,2-6H3;1-2H3. The van der Waals surface area contributed by atoms with E-state index in [1.54, 1.807) is 31.3 Å². The summed E-state index contributed by atoms with van der Waals surface area (Å²) in [4.78, 5) is 14.6. The van der Waals surface area contributed by atoms with Gasteiger partial charge in [0.2, 0.25) is 0 Å². The van der Waals surface area contributed by atoms with E-state index in [9.17, 15) is 4.79 Å². The monoisotopic (exact) mass is 321 g/mol. The zero-order valence-corrected chi connectivity index (χ0v) is 15.7. The highest BCUT2D eigenvalue weighted by Gasteiger charge is 2.24. The van der Waals surface area contributed by atoms with Crippen molar-refractivity contribution in [1.29, 1.82) is 0 Å². The van der Waals surface area contributed by atoms with Crippen molar-refractivity contribution in [3.05, 3.63) is 35.4 Å². The van der Waals surface area contributed by atoms with Crippen molar-refractivity contribution in [3.8, 4) is 11.5 Å². The Labute approximate surface area is 141 Å². The first-order valence-corrected chi connectivity index (χ1v) is 8.20. The van der Waals surface area contributed by atoms with Gasteiger partial charge in [-0.2, -0.15) is 0 Å². The van der Waals surface area contributed by atoms with Crippen molar-refractivity contribution in [2.45, 2.75) is 41.0 Å². The van der Waals surface area contributed by atoms with Gasteiger partial charge in [0.25, 0.3) is 5.91 Å². The molecule has 0 aromatic heterocycles. The lowest BCUT2D eigenvalue weighted by atomic mass is 9.96. The maximum atomic E-state index is 12.8. The van der Waals surface area contributed by atoms with Gasteiger partial charge in [0.05, 0.1) is 19.8 Å². The number of nitrogens with zero attached hydrogens (tertiary/aromatic N) is 1. The zero-order chi connectivity index (χ0) is 18.0. The Morgan fingerprint density at radius 1 is 1.17 bits per heavy atom. The Morgan fingerprint density at radius 2 is 1.70 bits per heavy atom. The van der Waals surface area contributed by atoms with Gasteiger partial charge in [-0.3, -0.25) is 4.79 Å². The molecule has 0 aliphatic heterocycles. The van der Waals surface area contributed by atoms with Crippen LogP contribution in [0.2, 0.25) is 0 Å². The van der Waals surface area contributed by atoms with Crippen molar-refractivity contribution in [2.24, 2.45) is 0 Å². The topological polar surface area (TPSA) is 38.8 Å². The van der Waals surface area contributed by atoms with Gasteiger partial charge in [-0.05, 0) is 38.3 Å². The van der Waals surface area contributed by atoms with E-state index in [1.807, 2.05) is 34.6 Å². The molecule has 130 valence electrons. The number of allylic oxidation sites excluding steroid dienone is 1. The molecule has 0 saturated heterocycles. The fourth-order valence-electron chi connectivity index (χ4n) is 2.46. The molecule has 4 heteroatoms. The van der Waals surface area contributed by atoms with Crippen LogP contribution in [-0.2, 0) is 6.42 Å². The molecule has 0 fully saturated rings. The van der Waals surface area contributed by atoms with Gasteiger partial charge in [0, 0.05) is 19.2 Å². The second-order valence-electron chi connectivity index (χ2n) is 4.73. The molecule has 0 aliphatic carbocycles. The van der Waals surface area contributed by atoms with Crippen LogP contribution in [0.1, 0.15) is 49.2 Å². The van der Waals surface area contributed by atoms with Crippen LogP contribution in [0.3, 0.4) is 0 Å². The Hall–Kier alpha value is -1.97. The van der Waals surface area contributed by atoms with Gasteiger partial charge < -0.3 is 14.4 Å². The normalized spacial score (nSPS) is 9.52. The van der Waals surface area contributed by atoms with Crippen LogP contribution < -0.4 is 9.47 Å². The summed E-state index contributed by atoms with van der Waals surface area (Å²) in [5, 5.41) is 0. The Bertz CT molecular complexity index is 520. The average molecular weight is 321 g/mol. The third-order valence-corrected chi connectivity index (χ3v) is 3.69. The van der Waals surface area contributed by atoms with Gasteiger partial charge >= 0.3 is 0 Å². The highest BCUT2D eigenvalue weighted by atomic mass is 16.5. The lowest BCUT2D eigenvalue weighted by molar-refractivity contribution is 0.0768. The molecule has 1 aromatic carbocycles. The van der Waals surface area contributed by atoms with Gasteiger partial charge in [-0.15, -0.1) is 6.58 Å². The predicted molar refractivity (Wildman–Crippen MR) is 96.8 cm³/mol. The van der Waals surface area contributed by atoms with Gasteiger partial charge in [-0.25, -0.2) is 0 Å². The number of amides is 1. The van der Waals surface area contributed by atoms with Crippen LogP contribution in [0, 0.1) is 6.92 Å². The summed E-state index contributed by atoms with van der Waals surface area (Å²) in [6, 6.07) is 1.78. The molecule has 0 unspecified atom stereocenters. The molecular weight excluding hydrogens is 290 g/mol. The second-order valence-corrected chi connectivity index (χ2v) is 4.73. The molecule has 0 saturated carbocycles. The Morgan fingerprint density at radius 3 is 2.09 bits per heavy atom. The number of hydrogen-bond donors (Lipinski definition) is 0. The lowest BCUT2D eigenvalue weighted by Gasteiger charge is -2.23. The number of methoxy groups -OCH3 is 2. The van der Waals surface area contributed by atoms with Crippen molar-refractivity contribution in [3.63, 3.8) is 0 Å². The molecular formula is C19H31NO3. The predicted octanol–water partition coefficient (Wildman–Crippen LogP) is 4.25. The van der Waals surface area contributed by atoms with E-state index in [-0.39, 0.29) is 5.91 Å². The van der Waals surface area contributed by atoms with Gasteiger partial charge in [0.15, 0.2) is 0 Å². The number of carbonyl (C=O) groups is 1. The van der Waals surface area contributed by atoms with Crippen LogP contribution >= 0.6 is 0 Å². The fraction of sp³-hybridized carbons (Fsp3) is 0.526.